The zero-order valence-electron chi connectivity index (χ0n) is 8.48. The van der Waals surface area contributed by atoms with Crippen molar-refractivity contribution in [1.82, 2.24) is 5.32 Å². The van der Waals surface area contributed by atoms with Gasteiger partial charge in [0.2, 0.25) is 0 Å². The highest BCUT2D eigenvalue weighted by atomic mass is 16.2. The lowest BCUT2D eigenvalue weighted by Crippen LogP contribution is -2.47. The molecule has 0 aromatic heterocycles. The number of nitrogens with two attached hydrogens (primary N) is 1. The van der Waals surface area contributed by atoms with Gasteiger partial charge in [-0.05, 0) is 26.2 Å². The lowest BCUT2D eigenvalue weighted by Gasteiger charge is -2.27. The van der Waals surface area contributed by atoms with Crippen LogP contribution < -0.4 is 11.1 Å². The second-order valence-electron chi connectivity index (χ2n) is 4.09. The summed E-state index contributed by atoms with van der Waals surface area (Å²) in [5, 5.41) is 2.72. The van der Waals surface area contributed by atoms with Crippen LogP contribution in [0.15, 0.2) is 0 Å². The lowest BCUT2D eigenvalue weighted by atomic mass is 9.90. The molecule has 0 saturated carbocycles. The molecule has 0 bridgehead atoms. The maximum atomic E-state index is 10.6. The summed E-state index contributed by atoms with van der Waals surface area (Å²) in [4.78, 5) is 10.6. The molecule has 12 heavy (non-hydrogen) atoms. The largest absolute Gasteiger partial charge is 0.352 e. The third kappa shape index (κ3) is 4.99. The molecule has 1 unspecified atom stereocenters. The van der Waals surface area contributed by atoms with Crippen molar-refractivity contribution in [1.29, 1.82) is 0 Å². The summed E-state index contributed by atoms with van der Waals surface area (Å²) in [6.45, 7) is 8.29. The molecule has 0 radical (unpaired) electrons. The number of nitrogens with one attached hydrogen (secondary N) is 1. The van der Waals surface area contributed by atoms with Crippen LogP contribution in [-0.2, 0) is 0 Å². The number of rotatable bonds is 4. The zero-order chi connectivity index (χ0) is 9.78. The second kappa shape index (κ2) is 4.33. The molecule has 0 spiro atoms. The Bertz CT molecular complexity index is 155. The number of amides is 2. The molecule has 0 saturated heterocycles. The minimum absolute atomic E-state index is 0.179. The molecule has 0 aromatic rings. The van der Waals surface area contributed by atoms with Gasteiger partial charge >= 0.3 is 6.03 Å². The normalized spacial score (nSPS) is 14.0. The van der Waals surface area contributed by atoms with Crippen molar-refractivity contribution in [2.24, 2.45) is 11.7 Å². The van der Waals surface area contributed by atoms with E-state index in [1.54, 1.807) is 0 Å². The first-order valence-corrected chi connectivity index (χ1v) is 4.45. The Morgan fingerprint density at radius 2 is 2.08 bits per heavy atom. The van der Waals surface area contributed by atoms with Crippen LogP contribution in [0.3, 0.4) is 0 Å². The molecular weight excluding hydrogens is 152 g/mol. The maximum absolute atomic E-state index is 10.6. The summed E-state index contributed by atoms with van der Waals surface area (Å²) in [6, 6.07) is -0.441. The molecule has 0 rings (SSSR count). The van der Waals surface area contributed by atoms with Crippen LogP contribution in [0.25, 0.3) is 0 Å². The van der Waals surface area contributed by atoms with Gasteiger partial charge in [0, 0.05) is 5.54 Å². The van der Waals surface area contributed by atoms with Gasteiger partial charge in [-0.25, -0.2) is 4.79 Å². The van der Waals surface area contributed by atoms with Gasteiger partial charge in [0.05, 0.1) is 0 Å². The molecule has 3 N–H and O–H groups in total. The molecule has 72 valence electrons. The van der Waals surface area contributed by atoms with Gasteiger partial charge in [-0.1, -0.05) is 20.3 Å². The van der Waals surface area contributed by atoms with Crippen LogP contribution in [0.5, 0.6) is 0 Å². The number of primary amides is 1. The minimum atomic E-state index is -0.441. The number of hydrogen-bond donors (Lipinski definition) is 2. The fourth-order valence-electron chi connectivity index (χ4n) is 1.40. The monoisotopic (exact) mass is 172 g/mol. The molecule has 2 amide bonds. The van der Waals surface area contributed by atoms with Gasteiger partial charge < -0.3 is 11.1 Å². The Kier molecular flexibility index (Phi) is 4.07. The lowest BCUT2D eigenvalue weighted by molar-refractivity contribution is 0.231. The van der Waals surface area contributed by atoms with Gasteiger partial charge in [0.15, 0.2) is 0 Å². The van der Waals surface area contributed by atoms with E-state index < -0.39 is 6.03 Å². The van der Waals surface area contributed by atoms with E-state index >= 15 is 0 Å². The van der Waals surface area contributed by atoms with E-state index in [9.17, 15) is 4.79 Å². The van der Waals surface area contributed by atoms with Crippen molar-refractivity contribution in [2.45, 2.75) is 46.1 Å². The summed E-state index contributed by atoms with van der Waals surface area (Å²) in [5.41, 5.74) is 4.87. The van der Waals surface area contributed by atoms with E-state index in [1.807, 2.05) is 13.8 Å². The highest BCUT2D eigenvalue weighted by Gasteiger charge is 2.21. The predicted molar refractivity (Wildman–Crippen MR) is 50.9 cm³/mol. The van der Waals surface area contributed by atoms with E-state index in [0.717, 1.165) is 12.8 Å². The highest BCUT2D eigenvalue weighted by molar-refractivity contribution is 5.72. The molecule has 0 aromatic carbocycles. The van der Waals surface area contributed by atoms with Gasteiger partial charge in [-0.2, -0.15) is 0 Å². The van der Waals surface area contributed by atoms with Gasteiger partial charge in [0.25, 0.3) is 0 Å². The molecule has 1 atom stereocenters. The van der Waals surface area contributed by atoms with Crippen LogP contribution in [0.2, 0.25) is 0 Å². The Hall–Kier alpha value is -0.730. The van der Waals surface area contributed by atoms with Crippen LogP contribution in [0, 0.1) is 5.92 Å². The van der Waals surface area contributed by atoms with Crippen LogP contribution in [-0.4, -0.2) is 11.6 Å². The van der Waals surface area contributed by atoms with Crippen molar-refractivity contribution in [3.05, 3.63) is 0 Å². The summed E-state index contributed by atoms with van der Waals surface area (Å²) in [6.07, 6.45) is 2.09. The van der Waals surface area contributed by atoms with Crippen molar-refractivity contribution >= 4 is 6.03 Å². The number of carbonyl (C=O) groups excluding carboxylic acids is 1. The van der Waals surface area contributed by atoms with E-state index in [-0.39, 0.29) is 5.54 Å². The van der Waals surface area contributed by atoms with Gasteiger partial charge in [-0.3, -0.25) is 0 Å². The molecular formula is C9H20N2O. The summed E-state index contributed by atoms with van der Waals surface area (Å²) in [5.74, 6) is 0.617. The standard InChI is InChI=1S/C9H20N2O/c1-5-7(2)6-9(3,4)11-8(10)12/h7H,5-6H2,1-4H3,(H3,10,11,12). The number of carbonyl (C=O) groups is 1. The average Bonchev–Trinajstić information content (AvgIpc) is 1.83. The summed E-state index contributed by atoms with van der Waals surface area (Å²) >= 11 is 0. The molecule has 0 aliphatic carbocycles. The van der Waals surface area contributed by atoms with Crippen molar-refractivity contribution < 1.29 is 4.79 Å². The van der Waals surface area contributed by atoms with Gasteiger partial charge in [0.1, 0.15) is 0 Å². The van der Waals surface area contributed by atoms with Crippen LogP contribution in [0.4, 0.5) is 4.79 Å². The first-order valence-electron chi connectivity index (χ1n) is 4.45. The summed E-state index contributed by atoms with van der Waals surface area (Å²) in [7, 11) is 0. The Balaban J connectivity index is 3.94. The molecule has 3 nitrogen and oxygen atoms in total. The third-order valence-corrected chi connectivity index (χ3v) is 2.02. The predicted octanol–water partition coefficient (Wildman–Crippen LogP) is 1.87. The van der Waals surface area contributed by atoms with Crippen molar-refractivity contribution in [3.63, 3.8) is 0 Å². The molecule has 0 fully saturated rings. The van der Waals surface area contributed by atoms with E-state index in [0.29, 0.717) is 5.92 Å². The van der Waals surface area contributed by atoms with E-state index in [4.69, 9.17) is 5.73 Å². The fraction of sp³-hybridized carbons (Fsp3) is 0.889. The highest BCUT2D eigenvalue weighted by Crippen LogP contribution is 2.17. The number of hydrogen-bond acceptors (Lipinski definition) is 1. The quantitative estimate of drug-likeness (QED) is 0.668. The van der Waals surface area contributed by atoms with Crippen LogP contribution in [0.1, 0.15) is 40.5 Å². The van der Waals surface area contributed by atoms with Gasteiger partial charge in [-0.15, -0.1) is 0 Å². The topological polar surface area (TPSA) is 55.1 Å². The second-order valence-corrected chi connectivity index (χ2v) is 4.09. The molecule has 3 heteroatoms. The molecule has 0 aliphatic heterocycles. The number of urea groups is 1. The van der Waals surface area contributed by atoms with Crippen LogP contribution >= 0.6 is 0 Å². The first kappa shape index (κ1) is 11.3. The molecule has 0 aliphatic rings. The van der Waals surface area contributed by atoms with E-state index in [1.165, 1.54) is 0 Å². The average molecular weight is 172 g/mol. The maximum Gasteiger partial charge on any atom is 0.312 e. The minimum Gasteiger partial charge on any atom is -0.352 e. The van der Waals surface area contributed by atoms with Crippen molar-refractivity contribution in [2.75, 3.05) is 0 Å². The first-order chi connectivity index (χ1) is 5.37. The fourth-order valence-corrected chi connectivity index (χ4v) is 1.40. The molecule has 0 heterocycles. The Morgan fingerprint density at radius 3 is 2.42 bits per heavy atom. The Morgan fingerprint density at radius 1 is 1.58 bits per heavy atom. The summed E-state index contributed by atoms with van der Waals surface area (Å²) < 4.78 is 0. The van der Waals surface area contributed by atoms with E-state index in [2.05, 4.69) is 19.2 Å². The SMILES string of the molecule is CCC(C)CC(C)(C)NC(N)=O. The zero-order valence-corrected chi connectivity index (χ0v) is 8.48. The Labute approximate surface area is 74.7 Å². The van der Waals surface area contributed by atoms with Crippen molar-refractivity contribution in [3.8, 4) is 0 Å². The third-order valence-electron chi connectivity index (χ3n) is 2.02. The smallest absolute Gasteiger partial charge is 0.312 e.